The highest BCUT2D eigenvalue weighted by molar-refractivity contribution is 9.10. The van der Waals surface area contributed by atoms with E-state index >= 15 is 0 Å². The van der Waals surface area contributed by atoms with Gasteiger partial charge in [0.1, 0.15) is 10.6 Å². The molecule has 0 atom stereocenters. The van der Waals surface area contributed by atoms with Gasteiger partial charge >= 0.3 is 0 Å². The summed E-state index contributed by atoms with van der Waals surface area (Å²) < 4.78 is 33.5. The number of methoxy groups -OCH3 is 1. The van der Waals surface area contributed by atoms with Crippen LogP contribution in [0.5, 0.6) is 5.75 Å². The van der Waals surface area contributed by atoms with Crippen LogP contribution in [-0.2, 0) is 16.6 Å². The van der Waals surface area contributed by atoms with Crippen LogP contribution in [0.25, 0.3) is 0 Å². The maximum Gasteiger partial charge on any atom is 0.244 e. The molecule has 0 aliphatic carbocycles. The molecule has 0 unspecified atom stereocenters. The lowest BCUT2D eigenvalue weighted by molar-refractivity contribution is 0.278. The Kier molecular flexibility index (Phi) is 6.81. The molecule has 2 aromatic carbocycles. The van der Waals surface area contributed by atoms with E-state index in [-0.39, 0.29) is 9.92 Å². The molecular weight excluding hydrogens is 452 g/mol. The fourth-order valence-electron chi connectivity index (χ4n) is 3.16. The number of hydrogen-bond donors (Lipinski definition) is 0. The zero-order valence-corrected chi connectivity index (χ0v) is 18.2. The fraction of sp³-hybridized carbons (Fsp3) is 0.368. The summed E-state index contributed by atoms with van der Waals surface area (Å²) in [6.07, 6.45) is 0.781. The molecular formula is C19H22BrClN2O3S. The van der Waals surface area contributed by atoms with Crippen LogP contribution in [-0.4, -0.2) is 50.9 Å². The van der Waals surface area contributed by atoms with Crippen LogP contribution in [0.3, 0.4) is 0 Å². The molecule has 0 spiro atoms. The van der Waals surface area contributed by atoms with Gasteiger partial charge in [0, 0.05) is 30.7 Å². The zero-order chi connectivity index (χ0) is 19.4. The average Bonchev–Trinajstić information content (AvgIpc) is 2.88. The maximum absolute atomic E-state index is 13.0. The van der Waals surface area contributed by atoms with Gasteiger partial charge in [-0.05, 0) is 48.9 Å². The number of halogens is 2. The van der Waals surface area contributed by atoms with E-state index in [2.05, 4.69) is 20.8 Å². The molecule has 27 heavy (non-hydrogen) atoms. The number of rotatable bonds is 5. The number of sulfonamides is 1. The molecule has 1 saturated heterocycles. The predicted molar refractivity (Wildman–Crippen MR) is 111 cm³/mol. The largest absolute Gasteiger partial charge is 0.497 e. The first-order valence-electron chi connectivity index (χ1n) is 8.70. The van der Waals surface area contributed by atoms with E-state index in [1.165, 1.54) is 9.87 Å². The molecule has 0 radical (unpaired) electrons. The number of nitrogens with zero attached hydrogens (tertiary/aromatic N) is 2. The number of hydrogen-bond acceptors (Lipinski definition) is 4. The lowest BCUT2D eigenvalue weighted by Gasteiger charge is -2.22. The lowest BCUT2D eigenvalue weighted by atomic mass is 10.2. The molecule has 0 N–H and O–H groups in total. The first-order chi connectivity index (χ1) is 12.9. The minimum Gasteiger partial charge on any atom is -0.497 e. The molecule has 1 fully saturated rings. The molecule has 1 aliphatic rings. The van der Waals surface area contributed by atoms with Crippen molar-refractivity contribution in [3.05, 3.63) is 57.5 Å². The summed E-state index contributed by atoms with van der Waals surface area (Å²) in [5.74, 6) is 0.832. The highest BCUT2D eigenvalue weighted by atomic mass is 79.9. The van der Waals surface area contributed by atoms with Gasteiger partial charge in [-0.25, -0.2) is 8.42 Å². The van der Waals surface area contributed by atoms with E-state index in [1.807, 2.05) is 24.3 Å². The van der Waals surface area contributed by atoms with Crippen molar-refractivity contribution in [2.45, 2.75) is 17.9 Å². The molecule has 0 bridgehead atoms. The fourth-order valence-corrected chi connectivity index (χ4v) is 5.64. The summed E-state index contributed by atoms with van der Waals surface area (Å²) in [5.41, 5.74) is 1.18. The van der Waals surface area contributed by atoms with E-state index in [4.69, 9.17) is 16.3 Å². The van der Waals surface area contributed by atoms with E-state index in [0.717, 1.165) is 29.7 Å². The van der Waals surface area contributed by atoms with Crippen molar-refractivity contribution in [1.82, 2.24) is 9.21 Å². The Morgan fingerprint density at radius 2 is 1.81 bits per heavy atom. The van der Waals surface area contributed by atoms with Crippen LogP contribution in [0.15, 0.2) is 51.8 Å². The normalized spacial score (nSPS) is 16.9. The van der Waals surface area contributed by atoms with Gasteiger partial charge in [-0.2, -0.15) is 4.31 Å². The smallest absolute Gasteiger partial charge is 0.244 e. The van der Waals surface area contributed by atoms with Crippen LogP contribution in [0.4, 0.5) is 0 Å². The summed E-state index contributed by atoms with van der Waals surface area (Å²) in [5, 5.41) is 0.240. The molecule has 0 aromatic heterocycles. The van der Waals surface area contributed by atoms with Gasteiger partial charge in [-0.3, -0.25) is 4.90 Å². The lowest BCUT2D eigenvalue weighted by Crippen LogP contribution is -2.35. The first kappa shape index (κ1) is 20.6. The number of ether oxygens (including phenoxy) is 1. The SMILES string of the molecule is COc1ccc(CN2CCCN(S(=O)(=O)c3ccc(Br)cc3Cl)CC2)cc1. The summed E-state index contributed by atoms with van der Waals surface area (Å²) in [6.45, 7) is 3.27. The Labute approximate surface area is 174 Å². The summed E-state index contributed by atoms with van der Waals surface area (Å²) in [6, 6.07) is 12.8. The van der Waals surface area contributed by atoms with Crippen LogP contribution in [0, 0.1) is 0 Å². The van der Waals surface area contributed by atoms with Crippen LogP contribution >= 0.6 is 27.5 Å². The van der Waals surface area contributed by atoms with E-state index in [9.17, 15) is 8.42 Å². The Morgan fingerprint density at radius 3 is 2.48 bits per heavy atom. The topological polar surface area (TPSA) is 49.9 Å². The van der Waals surface area contributed by atoms with Gasteiger partial charge in [-0.1, -0.05) is 39.7 Å². The minimum atomic E-state index is -3.60. The van der Waals surface area contributed by atoms with Crippen molar-refractivity contribution in [3.8, 4) is 5.75 Å². The van der Waals surface area contributed by atoms with Crippen LogP contribution < -0.4 is 4.74 Å². The summed E-state index contributed by atoms with van der Waals surface area (Å²) >= 11 is 9.49. The Hall–Kier alpha value is -1.12. The molecule has 5 nitrogen and oxygen atoms in total. The maximum atomic E-state index is 13.0. The van der Waals surface area contributed by atoms with E-state index in [0.29, 0.717) is 19.6 Å². The highest BCUT2D eigenvalue weighted by Gasteiger charge is 2.28. The second-order valence-corrected chi connectivity index (χ2v) is 9.69. The van der Waals surface area contributed by atoms with Crippen molar-refractivity contribution in [2.75, 3.05) is 33.3 Å². The molecule has 1 heterocycles. The minimum absolute atomic E-state index is 0.163. The second kappa shape index (κ2) is 8.92. The monoisotopic (exact) mass is 472 g/mol. The molecule has 2 aromatic rings. The van der Waals surface area contributed by atoms with Crippen molar-refractivity contribution < 1.29 is 13.2 Å². The zero-order valence-electron chi connectivity index (χ0n) is 15.1. The average molecular weight is 474 g/mol. The number of benzene rings is 2. The van der Waals surface area contributed by atoms with Gasteiger partial charge in [0.05, 0.1) is 12.1 Å². The third-order valence-electron chi connectivity index (χ3n) is 4.62. The van der Waals surface area contributed by atoms with Gasteiger partial charge in [0.25, 0.3) is 0 Å². The second-order valence-electron chi connectivity index (χ2n) is 6.46. The van der Waals surface area contributed by atoms with Gasteiger partial charge in [0.2, 0.25) is 10.0 Å². The molecule has 8 heteroatoms. The van der Waals surface area contributed by atoms with Crippen molar-refractivity contribution >= 4 is 37.6 Å². The third kappa shape index (κ3) is 5.03. The predicted octanol–water partition coefficient (Wildman–Crippen LogP) is 4.01. The standard InChI is InChI=1S/C19H22BrClN2O3S/c1-26-17-6-3-15(4-7-17)14-22-9-2-10-23(12-11-22)27(24,25)19-8-5-16(20)13-18(19)21/h3-8,13H,2,9-12,14H2,1H3. The molecule has 146 valence electrons. The van der Waals surface area contributed by atoms with Crippen molar-refractivity contribution in [3.63, 3.8) is 0 Å². The summed E-state index contributed by atoms with van der Waals surface area (Å²) in [7, 11) is -1.95. The highest BCUT2D eigenvalue weighted by Crippen LogP contribution is 2.28. The van der Waals surface area contributed by atoms with Gasteiger partial charge < -0.3 is 4.74 Å². The van der Waals surface area contributed by atoms with E-state index < -0.39 is 10.0 Å². The third-order valence-corrected chi connectivity index (χ3v) is 7.50. The molecule has 3 rings (SSSR count). The quantitative estimate of drug-likeness (QED) is 0.658. The molecule has 1 aliphatic heterocycles. The van der Waals surface area contributed by atoms with Crippen molar-refractivity contribution in [1.29, 1.82) is 0 Å². The van der Waals surface area contributed by atoms with Gasteiger partial charge in [-0.15, -0.1) is 0 Å². The summed E-state index contributed by atoms with van der Waals surface area (Å²) in [4.78, 5) is 2.44. The van der Waals surface area contributed by atoms with Crippen LogP contribution in [0.2, 0.25) is 5.02 Å². The molecule has 0 saturated carbocycles. The molecule has 0 amide bonds. The van der Waals surface area contributed by atoms with Crippen LogP contribution in [0.1, 0.15) is 12.0 Å². The van der Waals surface area contributed by atoms with E-state index in [1.54, 1.807) is 25.3 Å². The Balaban J connectivity index is 1.68. The Morgan fingerprint density at radius 1 is 1.07 bits per heavy atom. The van der Waals surface area contributed by atoms with Gasteiger partial charge in [0.15, 0.2) is 0 Å². The van der Waals surface area contributed by atoms with Crippen molar-refractivity contribution in [2.24, 2.45) is 0 Å². The Bertz CT molecular complexity index is 890. The first-order valence-corrected chi connectivity index (χ1v) is 11.3.